The normalized spacial score (nSPS) is 22.1. The van der Waals surface area contributed by atoms with E-state index in [-0.39, 0.29) is 11.9 Å². The Labute approximate surface area is 196 Å². The molecule has 2 fully saturated rings. The molecule has 0 radical (unpaired) electrons. The molecule has 2 aliphatic rings. The van der Waals surface area contributed by atoms with Gasteiger partial charge in [0.2, 0.25) is 0 Å². The van der Waals surface area contributed by atoms with Gasteiger partial charge in [0.1, 0.15) is 11.6 Å². The predicted octanol–water partition coefficient (Wildman–Crippen LogP) is 5.23. The fourth-order valence-corrected chi connectivity index (χ4v) is 5.68. The van der Waals surface area contributed by atoms with Crippen molar-refractivity contribution >= 4 is 11.7 Å². The number of piperidine rings is 1. The fraction of sp³-hybridized carbons (Fsp3) is 0.519. The van der Waals surface area contributed by atoms with Crippen molar-refractivity contribution in [3.05, 3.63) is 59.9 Å². The van der Waals surface area contributed by atoms with Gasteiger partial charge in [-0.2, -0.15) is 0 Å². The molecule has 0 spiro atoms. The van der Waals surface area contributed by atoms with Gasteiger partial charge in [-0.3, -0.25) is 4.90 Å². The summed E-state index contributed by atoms with van der Waals surface area (Å²) in [5, 5.41) is 0. The van der Waals surface area contributed by atoms with E-state index in [0.29, 0.717) is 17.6 Å². The maximum absolute atomic E-state index is 13.2. The van der Waals surface area contributed by atoms with Crippen molar-refractivity contribution in [3.8, 4) is 5.75 Å². The summed E-state index contributed by atoms with van der Waals surface area (Å²) in [5.41, 5.74) is 7.83. The summed E-state index contributed by atoms with van der Waals surface area (Å²) in [5.74, 6) is 1.75. The van der Waals surface area contributed by atoms with Crippen LogP contribution in [0.2, 0.25) is 0 Å². The minimum Gasteiger partial charge on any atom is -0.495 e. The number of amides is 2. The van der Waals surface area contributed by atoms with Crippen LogP contribution in [0.3, 0.4) is 0 Å². The second kappa shape index (κ2) is 11.0. The van der Waals surface area contributed by atoms with Gasteiger partial charge in [0.15, 0.2) is 0 Å². The number of carbonyl (C=O) groups excluding carboxylic acids is 1. The number of primary amides is 1. The second-order valence-electron chi connectivity index (χ2n) is 9.64. The van der Waals surface area contributed by atoms with Gasteiger partial charge in [0.25, 0.3) is 0 Å². The number of likely N-dealkylation sites (tertiary alicyclic amines) is 1. The van der Waals surface area contributed by atoms with E-state index < -0.39 is 6.03 Å². The number of nitrogens with two attached hydrogens (primary N) is 1. The topological polar surface area (TPSA) is 58.8 Å². The van der Waals surface area contributed by atoms with Gasteiger partial charge in [-0.25, -0.2) is 9.18 Å². The molecule has 1 saturated carbocycles. The van der Waals surface area contributed by atoms with Crippen LogP contribution < -0.4 is 15.4 Å². The molecule has 2 aromatic carbocycles. The van der Waals surface area contributed by atoms with Crippen LogP contribution in [0.25, 0.3) is 0 Å². The number of hydrogen-bond donors (Lipinski definition) is 1. The Morgan fingerprint density at radius 1 is 1.06 bits per heavy atom. The Balaban J connectivity index is 1.31. The number of anilines is 1. The van der Waals surface area contributed by atoms with Crippen molar-refractivity contribution in [2.45, 2.75) is 51.0 Å². The highest BCUT2D eigenvalue weighted by atomic mass is 19.1. The minimum absolute atomic E-state index is 0.105. The summed E-state index contributed by atoms with van der Waals surface area (Å²) < 4.78 is 18.7. The zero-order valence-corrected chi connectivity index (χ0v) is 19.6. The van der Waals surface area contributed by atoms with Crippen LogP contribution in [0, 0.1) is 17.7 Å². The summed E-state index contributed by atoms with van der Waals surface area (Å²) in [6.07, 6.45) is 7.64. The van der Waals surface area contributed by atoms with Crippen LogP contribution in [0.4, 0.5) is 14.9 Å². The van der Waals surface area contributed by atoms with Gasteiger partial charge in [-0.15, -0.1) is 0 Å². The summed E-state index contributed by atoms with van der Waals surface area (Å²) in [6, 6.07) is 14.3. The van der Waals surface area contributed by atoms with Crippen molar-refractivity contribution in [1.82, 2.24) is 4.90 Å². The van der Waals surface area contributed by atoms with E-state index in [9.17, 15) is 9.18 Å². The average molecular weight is 454 g/mol. The number of ether oxygens (including phenoxy) is 1. The highest BCUT2D eigenvalue weighted by Gasteiger charge is 2.32. The number of urea groups is 1. The van der Waals surface area contributed by atoms with E-state index >= 15 is 0 Å². The van der Waals surface area contributed by atoms with Crippen LogP contribution in [-0.4, -0.2) is 43.7 Å². The van der Waals surface area contributed by atoms with Crippen LogP contribution in [0.1, 0.15) is 44.1 Å². The SMILES string of the molecule is COc1ccccc1N(C(N)=O)C1CCCC(CN2CCC(Cc3ccc(F)cc3)CC2)C1. The Hall–Kier alpha value is -2.60. The molecule has 1 saturated heterocycles. The van der Waals surface area contributed by atoms with E-state index in [0.717, 1.165) is 51.0 Å². The summed E-state index contributed by atoms with van der Waals surface area (Å²) in [7, 11) is 1.63. The third-order valence-electron chi connectivity index (χ3n) is 7.36. The summed E-state index contributed by atoms with van der Waals surface area (Å²) in [6.45, 7) is 3.30. The quantitative estimate of drug-likeness (QED) is 0.624. The minimum atomic E-state index is -0.410. The first-order chi connectivity index (χ1) is 16.0. The summed E-state index contributed by atoms with van der Waals surface area (Å²) >= 11 is 0. The van der Waals surface area contributed by atoms with Crippen molar-refractivity contribution in [2.24, 2.45) is 17.6 Å². The van der Waals surface area contributed by atoms with Crippen molar-refractivity contribution < 1.29 is 13.9 Å². The molecule has 1 aliphatic carbocycles. The van der Waals surface area contributed by atoms with E-state index in [1.807, 2.05) is 36.4 Å². The third-order valence-corrected chi connectivity index (χ3v) is 7.36. The third kappa shape index (κ3) is 6.05. The number of methoxy groups -OCH3 is 1. The summed E-state index contributed by atoms with van der Waals surface area (Å²) in [4.78, 5) is 16.8. The highest BCUT2D eigenvalue weighted by molar-refractivity contribution is 5.93. The van der Waals surface area contributed by atoms with Crippen molar-refractivity contribution in [2.75, 3.05) is 31.6 Å². The largest absolute Gasteiger partial charge is 0.495 e. The number of carbonyl (C=O) groups is 1. The molecule has 2 aromatic rings. The number of benzene rings is 2. The molecule has 1 heterocycles. The highest BCUT2D eigenvalue weighted by Crippen LogP contribution is 2.36. The molecule has 2 N–H and O–H groups in total. The molecular formula is C27H36FN3O2. The van der Waals surface area contributed by atoms with E-state index in [4.69, 9.17) is 10.5 Å². The molecule has 178 valence electrons. The number of hydrogen-bond acceptors (Lipinski definition) is 3. The maximum atomic E-state index is 13.2. The zero-order valence-electron chi connectivity index (χ0n) is 19.6. The molecule has 5 nitrogen and oxygen atoms in total. The van der Waals surface area contributed by atoms with E-state index in [2.05, 4.69) is 4.90 Å². The Kier molecular flexibility index (Phi) is 7.86. The molecule has 33 heavy (non-hydrogen) atoms. The van der Waals surface area contributed by atoms with Crippen molar-refractivity contribution in [1.29, 1.82) is 0 Å². The van der Waals surface area contributed by atoms with Gasteiger partial charge in [0.05, 0.1) is 12.8 Å². The van der Waals surface area contributed by atoms with Gasteiger partial charge < -0.3 is 15.4 Å². The number of nitrogens with zero attached hydrogens (tertiary/aromatic N) is 2. The second-order valence-corrected chi connectivity index (χ2v) is 9.64. The van der Waals surface area contributed by atoms with Crippen molar-refractivity contribution in [3.63, 3.8) is 0 Å². The number of para-hydroxylation sites is 2. The average Bonchev–Trinajstić information content (AvgIpc) is 2.82. The van der Waals surface area contributed by atoms with Gasteiger partial charge >= 0.3 is 6.03 Å². The van der Waals surface area contributed by atoms with Gasteiger partial charge in [-0.1, -0.05) is 30.7 Å². The molecule has 4 rings (SSSR count). The molecule has 2 unspecified atom stereocenters. The predicted molar refractivity (Wildman–Crippen MR) is 130 cm³/mol. The first-order valence-electron chi connectivity index (χ1n) is 12.2. The van der Waals surface area contributed by atoms with Crippen LogP contribution in [0.15, 0.2) is 48.5 Å². The standard InChI is InChI=1S/C27H36FN3O2/c1-33-26-8-3-2-7-25(26)31(27(29)32)24-6-4-5-22(18-24)19-30-15-13-21(14-16-30)17-20-9-11-23(28)12-10-20/h2-3,7-12,21-22,24H,4-6,13-19H2,1H3,(H2,29,32). The molecule has 6 heteroatoms. The van der Waals surface area contributed by atoms with E-state index in [1.165, 1.54) is 24.8 Å². The van der Waals surface area contributed by atoms with Gasteiger partial charge in [-0.05, 0) is 93.3 Å². The molecular weight excluding hydrogens is 417 g/mol. The first-order valence-corrected chi connectivity index (χ1v) is 12.2. The lowest BCUT2D eigenvalue weighted by Gasteiger charge is -2.40. The lowest BCUT2D eigenvalue weighted by atomic mass is 9.83. The lowest BCUT2D eigenvalue weighted by molar-refractivity contribution is 0.141. The van der Waals surface area contributed by atoms with Crippen LogP contribution in [0.5, 0.6) is 5.75 Å². The van der Waals surface area contributed by atoms with Crippen LogP contribution in [-0.2, 0) is 6.42 Å². The molecule has 2 amide bonds. The first kappa shape index (κ1) is 23.6. The van der Waals surface area contributed by atoms with Crippen LogP contribution >= 0.6 is 0 Å². The Morgan fingerprint density at radius 2 is 1.79 bits per heavy atom. The Morgan fingerprint density at radius 3 is 2.48 bits per heavy atom. The molecule has 0 aromatic heterocycles. The zero-order chi connectivity index (χ0) is 23.2. The monoisotopic (exact) mass is 453 g/mol. The van der Waals surface area contributed by atoms with Gasteiger partial charge in [0, 0.05) is 12.6 Å². The Bertz CT molecular complexity index is 912. The lowest BCUT2D eigenvalue weighted by Crippen LogP contribution is -2.47. The smallest absolute Gasteiger partial charge is 0.319 e. The molecule has 2 atom stereocenters. The molecule has 0 bridgehead atoms. The maximum Gasteiger partial charge on any atom is 0.319 e. The molecule has 1 aliphatic heterocycles. The van der Waals surface area contributed by atoms with E-state index in [1.54, 1.807) is 24.1 Å². The fourth-order valence-electron chi connectivity index (χ4n) is 5.68. The number of rotatable bonds is 7. The number of halogens is 1.